The van der Waals surface area contributed by atoms with E-state index in [9.17, 15) is 14.9 Å². The number of non-ortho nitro benzene ring substituents is 1. The zero-order valence-corrected chi connectivity index (χ0v) is 12.1. The van der Waals surface area contributed by atoms with Gasteiger partial charge in [-0.15, -0.1) is 0 Å². The number of nitrogens with zero attached hydrogens (tertiary/aromatic N) is 1. The summed E-state index contributed by atoms with van der Waals surface area (Å²) in [4.78, 5) is 22.2. The van der Waals surface area contributed by atoms with Gasteiger partial charge in [-0.2, -0.15) is 0 Å². The van der Waals surface area contributed by atoms with Crippen LogP contribution < -0.4 is 0 Å². The number of ketones is 1. The van der Waals surface area contributed by atoms with Crippen LogP contribution in [-0.4, -0.2) is 10.7 Å². The van der Waals surface area contributed by atoms with Gasteiger partial charge in [0.1, 0.15) is 11.5 Å². The van der Waals surface area contributed by atoms with Crippen LogP contribution in [0.15, 0.2) is 46.9 Å². The summed E-state index contributed by atoms with van der Waals surface area (Å²) in [7, 11) is 0. The van der Waals surface area contributed by atoms with E-state index in [0.717, 1.165) is 12.8 Å². The smallest absolute Gasteiger partial charge is 0.270 e. The highest BCUT2D eigenvalue weighted by Crippen LogP contribution is 2.46. The van der Waals surface area contributed by atoms with E-state index < -0.39 is 4.92 Å². The molecule has 0 radical (unpaired) electrons. The summed E-state index contributed by atoms with van der Waals surface area (Å²) in [6.45, 7) is 1.95. The molecule has 2 aromatic rings. The minimum atomic E-state index is -0.442. The topological polar surface area (TPSA) is 73.3 Å². The molecule has 3 rings (SSSR count). The van der Waals surface area contributed by atoms with Crippen LogP contribution in [0.4, 0.5) is 5.69 Å². The number of carbonyl (C=O) groups excluding carboxylic acids is 1. The first kappa shape index (κ1) is 14.3. The standard InChI is InChI=1S/C17H15NO4/c1-17(9-10-17)16(19)8-6-14-5-7-15(22-14)12-3-2-4-13(11-12)18(20)21/h2-8,11H,9-10H2,1H3/b8-6+. The van der Waals surface area contributed by atoms with Crippen LogP contribution in [0.3, 0.4) is 0 Å². The van der Waals surface area contributed by atoms with Crippen LogP contribution in [0.1, 0.15) is 25.5 Å². The zero-order chi connectivity index (χ0) is 15.7. The predicted octanol–water partition coefficient (Wildman–Crippen LogP) is 4.24. The fourth-order valence-electron chi connectivity index (χ4n) is 2.16. The Morgan fingerprint density at radius 1 is 1.32 bits per heavy atom. The molecular formula is C17H15NO4. The fraction of sp³-hybridized carbons (Fsp3) is 0.235. The molecule has 0 atom stereocenters. The van der Waals surface area contributed by atoms with E-state index >= 15 is 0 Å². The summed E-state index contributed by atoms with van der Waals surface area (Å²) >= 11 is 0. The molecule has 1 aliphatic rings. The first-order valence-electron chi connectivity index (χ1n) is 7.05. The monoisotopic (exact) mass is 297 g/mol. The Balaban J connectivity index is 1.79. The first-order chi connectivity index (χ1) is 10.5. The van der Waals surface area contributed by atoms with E-state index in [4.69, 9.17) is 4.42 Å². The van der Waals surface area contributed by atoms with Gasteiger partial charge in [-0.1, -0.05) is 19.1 Å². The summed E-state index contributed by atoms with van der Waals surface area (Å²) in [6.07, 6.45) is 5.07. The quantitative estimate of drug-likeness (QED) is 0.470. The molecule has 0 bridgehead atoms. The molecule has 1 fully saturated rings. The maximum Gasteiger partial charge on any atom is 0.270 e. The van der Waals surface area contributed by atoms with Gasteiger partial charge in [-0.05, 0) is 37.1 Å². The molecule has 22 heavy (non-hydrogen) atoms. The third kappa shape index (κ3) is 2.83. The summed E-state index contributed by atoms with van der Waals surface area (Å²) in [5.74, 6) is 1.20. The summed E-state index contributed by atoms with van der Waals surface area (Å²) < 4.78 is 5.63. The molecule has 1 aromatic heterocycles. The Bertz CT molecular complexity index is 768. The second-order valence-corrected chi connectivity index (χ2v) is 5.77. The number of rotatable bonds is 5. The van der Waals surface area contributed by atoms with Gasteiger partial charge in [0, 0.05) is 23.1 Å². The molecule has 5 heteroatoms. The fourth-order valence-corrected chi connectivity index (χ4v) is 2.16. The third-order valence-electron chi connectivity index (χ3n) is 3.96. The van der Waals surface area contributed by atoms with Gasteiger partial charge in [0.05, 0.1) is 4.92 Å². The lowest BCUT2D eigenvalue weighted by Crippen LogP contribution is -2.07. The number of allylic oxidation sites excluding steroid dienone is 1. The second-order valence-electron chi connectivity index (χ2n) is 5.77. The Hall–Kier alpha value is -2.69. The number of benzene rings is 1. The van der Waals surface area contributed by atoms with Gasteiger partial charge in [0.25, 0.3) is 5.69 Å². The lowest BCUT2D eigenvalue weighted by molar-refractivity contribution is -0.384. The Morgan fingerprint density at radius 2 is 2.09 bits per heavy atom. The molecule has 0 aliphatic heterocycles. The molecule has 1 aromatic carbocycles. The molecule has 0 unspecified atom stereocenters. The van der Waals surface area contributed by atoms with E-state index in [-0.39, 0.29) is 16.9 Å². The maximum atomic E-state index is 11.9. The lowest BCUT2D eigenvalue weighted by Gasteiger charge is -2.00. The lowest BCUT2D eigenvalue weighted by atomic mass is 10.0. The van der Waals surface area contributed by atoms with Crippen LogP contribution in [-0.2, 0) is 4.79 Å². The van der Waals surface area contributed by atoms with Gasteiger partial charge < -0.3 is 4.42 Å². The number of nitro benzene ring substituents is 1. The average Bonchev–Trinajstić information content (AvgIpc) is 3.10. The molecule has 0 N–H and O–H groups in total. The Morgan fingerprint density at radius 3 is 2.77 bits per heavy atom. The molecule has 5 nitrogen and oxygen atoms in total. The summed E-state index contributed by atoms with van der Waals surface area (Å²) in [6, 6.07) is 9.73. The van der Waals surface area contributed by atoms with E-state index in [1.165, 1.54) is 12.1 Å². The molecule has 1 saturated carbocycles. The van der Waals surface area contributed by atoms with Gasteiger partial charge >= 0.3 is 0 Å². The third-order valence-corrected chi connectivity index (χ3v) is 3.96. The van der Waals surface area contributed by atoms with Gasteiger partial charge in [-0.25, -0.2) is 0 Å². The molecular weight excluding hydrogens is 282 g/mol. The van der Waals surface area contributed by atoms with E-state index in [0.29, 0.717) is 17.1 Å². The van der Waals surface area contributed by atoms with Crippen molar-refractivity contribution in [2.24, 2.45) is 5.41 Å². The molecule has 112 valence electrons. The number of hydrogen-bond donors (Lipinski definition) is 0. The van der Waals surface area contributed by atoms with Gasteiger partial charge in [-0.3, -0.25) is 14.9 Å². The highest BCUT2D eigenvalue weighted by Gasteiger charge is 2.43. The van der Waals surface area contributed by atoms with Gasteiger partial charge in [0.2, 0.25) is 0 Å². The van der Waals surface area contributed by atoms with Crippen molar-refractivity contribution in [2.75, 3.05) is 0 Å². The Labute approximate surface area is 127 Å². The largest absolute Gasteiger partial charge is 0.457 e. The number of furan rings is 1. The van der Waals surface area contributed by atoms with Crippen molar-refractivity contribution in [3.05, 3.63) is 58.3 Å². The van der Waals surface area contributed by atoms with E-state index in [1.54, 1.807) is 36.4 Å². The minimum Gasteiger partial charge on any atom is -0.457 e. The molecule has 1 aliphatic carbocycles. The van der Waals surface area contributed by atoms with Crippen LogP contribution >= 0.6 is 0 Å². The zero-order valence-electron chi connectivity index (χ0n) is 12.1. The predicted molar refractivity (Wildman–Crippen MR) is 82.2 cm³/mol. The number of hydrogen-bond acceptors (Lipinski definition) is 4. The maximum absolute atomic E-state index is 11.9. The average molecular weight is 297 g/mol. The van der Waals surface area contributed by atoms with Crippen molar-refractivity contribution in [2.45, 2.75) is 19.8 Å². The van der Waals surface area contributed by atoms with Crippen LogP contribution in [0.25, 0.3) is 17.4 Å². The highest BCUT2D eigenvalue weighted by atomic mass is 16.6. The SMILES string of the molecule is CC1(C(=O)/C=C/c2ccc(-c3cccc([N+](=O)[O-])c3)o2)CC1. The van der Waals surface area contributed by atoms with Crippen molar-refractivity contribution >= 4 is 17.5 Å². The first-order valence-corrected chi connectivity index (χ1v) is 7.05. The summed E-state index contributed by atoms with van der Waals surface area (Å²) in [5.41, 5.74) is 0.462. The minimum absolute atomic E-state index is 0.0165. The second kappa shape index (κ2) is 5.26. The summed E-state index contributed by atoms with van der Waals surface area (Å²) in [5, 5.41) is 10.8. The van der Waals surface area contributed by atoms with E-state index in [2.05, 4.69) is 0 Å². The van der Waals surface area contributed by atoms with E-state index in [1.807, 2.05) is 6.92 Å². The van der Waals surface area contributed by atoms with Crippen LogP contribution in [0, 0.1) is 15.5 Å². The van der Waals surface area contributed by atoms with Crippen LogP contribution in [0.5, 0.6) is 0 Å². The van der Waals surface area contributed by atoms with Crippen molar-refractivity contribution in [3.63, 3.8) is 0 Å². The van der Waals surface area contributed by atoms with Crippen molar-refractivity contribution in [1.82, 2.24) is 0 Å². The molecule has 0 spiro atoms. The molecule has 0 amide bonds. The molecule has 1 heterocycles. The normalized spacial score (nSPS) is 15.9. The van der Waals surface area contributed by atoms with Crippen molar-refractivity contribution < 1.29 is 14.1 Å². The number of carbonyl (C=O) groups is 1. The number of nitro groups is 1. The Kier molecular flexibility index (Phi) is 3.41. The van der Waals surface area contributed by atoms with Crippen molar-refractivity contribution in [1.29, 1.82) is 0 Å². The highest BCUT2D eigenvalue weighted by molar-refractivity contribution is 5.99. The van der Waals surface area contributed by atoms with Crippen molar-refractivity contribution in [3.8, 4) is 11.3 Å². The van der Waals surface area contributed by atoms with Gasteiger partial charge in [0.15, 0.2) is 5.78 Å². The molecule has 0 saturated heterocycles. The van der Waals surface area contributed by atoms with Crippen LogP contribution in [0.2, 0.25) is 0 Å².